The Bertz CT molecular complexity index is 246. The highest BCUT2D eigenvalue weighted by molar-refractivity contribution is 5.66. The van der Waals surface area contributed by atoms with E-state index in [1.54, 1.807) is 14.1 Å². The fourth-order valence-electron chi connectivity index (χ4n) is 2.31. The van der Waals surface area contributed by atoms with Crippen molar-refractivity contribution in [1.29, 1.82) is 0 Å². The van der Waals surface area contributed by atoms with Crippen molar-refractivity contribution >= 4 is 6.09 Å². The third kappa shape index (κ3) is 4.16. The summed E-state index contributed by atoms with van der Waals surface area (Å²) < 4.78 is 5.11. The van der Waals surface area contributed by atoms with Gasteiger partial charge in [-0.05, 0) is 19.8 Å². The molecule has 5 heteroatoms. The number of rotatable bonds is 4. The number of carbonyl (C=O) groups is 1. The molecule has 1 N–H and O–H groups in total. The average molecular weight is 244 g/mol. The van der Waals surface area contributed by atoms with Gasteiger partial charge in [-0.25, -0.2) is 4.79 Å². The van der Waals surface area contributed by atoms with Crippen LogP contribution in [0.15, 0.2) is 0 Å². The molecule has 1 amide bonds. The molecule has 2 atom stereocenters. The third-order valence-corrected chi connectivity index (χ3v) is 3.35. The molecule has 1 aliphatic heterocycles. The summed E-state index contributed by atoms with van der Waals surface area (Å²) in [5.74, 6) is 0. The molecule has 0 aromatic rings. The zero-order valence-corrected chi connectivity index (χ0v) is 11.1. The maximum atomic E-state index is 11.3. The van der Waals surface area contributed by atoms with Gasteiger partial charge in [0.2, 0.25) is 0 Å². The van der Waals surface area contributed by atoms with Gasteiger partial charge in [-0.3, -0.25) is 4.90 Å². The number of likely N-dealkylation sites (tertiary alicyclic amines) is 1. The minimum atomic E-state index is -0.310. The van der Waals surface area contributed by atoms with Gasteiger partial charge in [-0.2, -0.15) is 0 Å². The highest BCUT2D eigenvalue weighted by Gasteiger charge is 2.27. The van der Waals surface area contributed by atoms with Crippen LogP contribution in [0.25, 0.3) is 0 Å². The maximum absolute atomic E-state index is 11.3. The van der Waals surface area contributed by atoms with Crippen molar-refractivity contribution in [3.8, 4) is 0 Å². The fourth-order valence-corrected chi connectivity index (χ4v) is 2.31. The number of nitrogens with zero attached hydrogens (tertiary/aromatic N) is 2. The summed E-state index contributed by atoms with van der Waals surface area (Å²) in [6.45, 7) is 3.44. The smallest absolute Gasteiger partial charge is 0.409 e. The van der Waals surface area contributed by atoms with Crippen molar-refractivity contribution < 1.29 is 14.6 Å². The van der Waals surface area contributed by atoms with Crippen LogP contribution in [-0.2, 0) is 4.74 Å². The molecule has 1 fully saturated rings. The second-order valence-corrected chi connectivity index (χ2v) is 4.86. The Morgan fingerprint density at radius 1 is 1.47 bits per heavy atom. The molecular formula is C12H24N2O3. The number of piperidine rings is 1. The van der Waals surface area contributed by atoms with E-state index in [9.17, 15) is 9.90 Å². The lowest BCUT2D eigenvalue weighted by Crippen LogP contribution is -2.48. The number of hydrogen-bond acceptors (Lipinski definition) is 4. The summed E-state index contributed by atoms with van der Waals surface area (Å²) in [5.41, 5.74) is 0. The van der Waals surface area contributed by atoms with Gasteiger partial charge in [0.25, 0.3) is 0 Å². The second kappa shape index (κ2) is 6.81. The van der Waals surface area contributed by atoms with Crippen LogP contribution in [0.3, 0.4) is 0 Å². The number of aliphatic hydroxyl groups excluding tert-OH is 1. The Labute approximate surface area is 103 Å². The summed E-state index contributed by atoms with van der Waals surface area (Å²) in [5, 5.41) is 9.32. The van der Waals surface area contributed by atoms with Crippen molar-refractivity contribution in [3.05, 3.63) is 0 Å². The van der Waals surface area contributed by atoms with Crippen molar-refractivity contribution in [2.24, 2.45) is 0 Å². The monoisotopic (exact) mass is 244 g/mol. The van der Waals surface area contributed by atoms with Crippen LogP contribution in [0.1, 0.15) is 26.2 Å². The largest absolute Gasteiger partial charge is 0.448 e. The van der Waals surface area contributed by atoms with Crippen molar-refractivity contribution in [2.45, 2.75) is 38.3 Å². The van der Waals surface area contributed by atoms with Crippen LogP contribution in [0.4, 0.5) is 4.79 Å². The molecule has 0 aromatic carbocycles. The quantitative estimate of drug-likeness (QED) is 0.799. The lowest BCUT2D eigenvalue weighted by Gasteiger charge is -2.39. The van der Waals surface area contributed by atoms with Crippen molar-refractivity contribution in [2.75, 3.05) is 33.9 Å². The van der Waals surface area contributed by atoms with E-state index in [1.165, 1.54) is 11.3 Å². The summed E-state index contributed by atoms with van der Waals surface area (Å²) >= 11 is 0. The lowest BCUT2D eigenvalue weighted by molar-refractivity contribution is 0.0298. The number of hydrogen-bond donors (Lipinski definition) is 1. The molecule has 1 rings (SSSR count). The van der Waals surface area contributed by atoms with Gasteiger partial charge in [0.05, 0.1) is 6.61 Å². The van der Waals surface area contributed by atoms with Gasteiger partial charge in [0, 0.05) is 32.7 Å². The average Bonchev–Trinajstić information content (AvgIpc) is 2.30. The normalized spacial score (nSPS) is 25.6. The molecule has 0 aliphatic carbocycles. The molecule has 100 valence electrons. The van der Waals surface area contributed by atoms with Crippen LogP contribution in [0, 0.1) is 0 Å². The Morgan fingerprint density at radius 2 is 2.18 bits per heavy atom. The van der Waals surface area contributed by atoms with E-state index in [0.717, 1.165) is 12.8 Å². The number of amides is 1. The van der Waals surface area contributed by atoms with Gasteiger partial charge in [0.15, 0.2) is 0 Å². The minimum absolute atomic E-state index is 0.186. The van der Waals surface area contributed by atoms with Gasteiger partial charge in [-0.15, -0.1) is 0 Å². The topological polar surface area (TPSA) is 53.0 Å². The maximum Gasteiger partial charge on any atom is 0.409 e. The molecule has 0 radical (unpaired) electrons. The summed E-state index contributed by atoms with van der Waals surface area (Å²) in [4.78, 5) is 14.9. The predicted molar refractivity (Wildman–Crippen MR) is 65.9 cm³/mol. The molecule has 5 nitrogen and oxygen atoms in total. The van der Waals surface area contributed by atoms with E-state index in [-0.39, 0.29) is 18.7 Å². The van der Waals surface area contributed by atoms with Crippen LogP contribution in [0.5, 0.6) is 0 Å². The molecule has 1 aliphatic rings. The van der Waals surface area contributed by atoms with E-state index in [2.05, 4.69) is 11.8 Å². The highest BCUT2D eigenvalue weighted by Crippen LogP contribution is 2.21. The van der Waals surface area contributed by atoms with Gasteiger partial charge >= 0.3 is 6.09 Å². The molecule has 0 spiro atoms. The molecule has 1 heterocycles. The number of aliphatic hydroxyl groups is 1. The zero-order chi connectivity index (χ0) is 12.8. The molecule has 0 bridgehead atoms. The first kappa shape index (κ1) is 14.3. The first-order valence-corrected chi connectivity index (χ1v) is 6.27. The fraction of sp³-hybridized carbons (Fsp3) is 0.917. The van der Waals surface area contributed by atoms with E-state index in [4.69, 9.17) is 4.74 Å². The standard InChI is InChI=1S/C12H24N2O3/c1-10-5-4-6-11(9-15)14(10)7-8-17-12(16)13(2)3/h10-11,15H,4-9H2,1-3H3/t10-,11+/m1/s1. The SMILES string of the molecule is C[C@@H]1CCC[C@@H](CO)N1CCOC(=O)N(C)C. The summed E-state index contributed by atoms with van der Waals surface area (Å²) in [6.07, 6.45) is 3.04. The first-order chi connectivity index (χ1) is 8.06. The Hall–Kier alpha value is -0.810. The van der Waals surface area contributed by atoms with E-state index >= 15 is 0 Å². The van der Waals surface area contributed by atoms with E-state index in [0.29, 0.717) is 19.2 Å². The summed E-state index contributed by atoms with van der Waals surface area (Å²) in [6, 6.07) is 0.677. The molecule has 0 unspecified atom stereocenters. The van der Waals surface area contributed by atoms with E-state index in [1.807, 2.05) is 0 Å². The molecule has 17 heavy (non-hydrogen) atoms. The zero-order valence-electron chi connectivity index (χ0n) is 11.1. The Kier molecular flexibility index (Phi) is 5.71. The van der Waals surface area contributed by atoms with Crippen molar-refractivity contribution in [3.63, 3.8) is 0 Å². The van der Waals surface area contributed by atoms with Crippen LogP contribution in [0.2, 0.25) is 0 Å². The Balaban J connectivity index is 2.35. The van der Waals surface area contributed by atoms with Crippen LogP contribution >= 0.6 is 0 Å². The molecule has 0 aromatic heterocycles. The van der Waals surface area contributed by atoms with Crippen molar-refractivity contribution in [1.82, 2.24) is 9.80 Å². The first-order valence-electron chi connectivity index (χ1n) is 6.27. The van der Waals surface area contributed by atoms with Crippen LogP contribution in [-0.4, -0.2) is 66.9 Å². The molecule has 0 saturated carbocycles. The third-order valence-electron chi connectivity index (χ3n) is 3.35. The highest BCUT2D eigenvalue weighted by atomic mass is 16.6. The van der Waals surface area contributed by atoms with E-state index < -0.39 is 0 Å². The van der Waals surface area contributed by atoms with Gasteiger partial charge in [0.1, 0.15) is 6.61 Å². The molecular weight excluding hydrogens is 220 g/mol. The second-order valence-electron chi connectivity index (χ2n) is 4.86. The molecule has 1 saturated heterocycles. The van der Waals surface area contributed by atoms with Crippen LogP contribution < -0.4 is 0 Å². The number of ether oxygens (including phenoxy) is 1. The Morgan fingerprint density at radius 3 is 2.76 bits per heavy atom. The predicted octanol–water partition coefficient (Wildman–Crippen LogP) is 0.920. The lowest BCUT2D eigenvalue weighted by atomic mass is 9.97. The minimum Gasteiger partial charge on any atom is -0.448 e. The van der Waals surface area contributed by atoms with Gasteiger partial charge in [-0.1, -0.05) is 6.42 Å². The summed E-state index contributed by atoms with van der Waals surface area (Å²) in [7, 11) is 3.34. The number of carbonyl (C=O) groups excluding carboxylic acids is 1. The van der Waals surface area contributed by atoms with Gasteiger partial charge < -0.3 is 14.7 Å².